The van der Waals surface area contributed by atoms with E-state index in [1.165, 1.54) is 0 Å². The lowest BCUT2D eigenvalue weighted by molar-refractivity contribution is 1.62. The van der Waals surface area contributed by atoms with Crippen LogP contribution in [-0.4, -0.2) is 0 Å². The Balaban J connectivity index is 2.55. The van der Waals surface area contributed by atoms with E-state index in [4.69, 9.17) is 34.8 Å². The van der Waals surface area contributed by atoms with Crippen molar-refractivity contribution >= 4 is 34.8 Å². The molecule has 0 heterocycles. The number of benzene rings is 2. The molecule has 0 fully saturated rings. The minimum Gasteiger partial charge on any atom is -0.0837 e. The van der Waals surface area contributed by atoms with Crippen molar-refractivity contribution in [2.45, 2.75) is 0 Å². The van der Waals surface area contributed by atoms with Gasteiger partial charge in [0.2, 0.25) is 0 Å². The molecule has 2 aromatic rings. The average Bonchev–Trinajstić information content (AvgIpc) is 2.23. The summed E-state index contributed by atoms with van der Waals surface area (Å²) < 4.78 is 0. The minimum atomic E-state index is 0.536. The molecule has 2 rings (SSSR count). The summed E-state index contributed by atoms with van der Waals surface area (Å²) in [5.74, 6) is 0. The van der Waals surface area contributed by atoms with Crippen molar-refractivity contribution in [2.75, 3.05) is 0 Å². The van der Waals surface area contributed by atoms with Crippen LogP contribution >= 0.6 is 34.8 Å². The fourth-order valence-corrected chi connectivity index (χ4v) is 1.90. The van der Waals surface area contributed by atoms with Crippen LogP contribution < -0.4 is 0 Å². The third-order valence-electron chi connectivity index (χ3n) is 2.10. The summed E-state index contributed by atoms with van der Waals surface area (Å²) in [6.45, 7) is 0. The van der Waals surface area contributed by atoms with Gasteiger partial charge in [0.25, 0.3) is 0 Å². The molecule has 0 aromatic heterocycles. The molecule has 0 saturated heterocycles. The molecule has 0 radical (unpaired) electrons. The highest BCUT2D eigenvalue weighted by Gasteiger charge is 2.04. The Kier molecular flexibility index (Phi) is 3.20. The van der Waals surface area contributed by atoms with E-state index in [0.29, 0.717) is 15.1 Å². The Bertz CT molecular complexity index is 492. The Hall–Kier alpha value is -0.690. The lowest BCUT2D eigenvalue weighted by Crippen LogP contribution is -1.79. The van der Waals surface area contributed by atoms with Crippen LogP contribution in [0.2, 0.25) is 15.1 Å². The average molecular weight is 258 g/mol. The fourth-order valence-electron chi connectivity index (χ4n) is 1.36. The van der Waals surface area contributed by atoms with E-state index in [1.807, 2.05) is 36.4 Å². The first-order chi connectivity index (χ1) is 7.18. The molecule has 0 spiro atoms. The Morgan fingerprint density at radius 3 is 2.07 bits per heavy atom. The van der Waals surface area contributed by atoms with Gasteiger partial charge in [0, 0.05) is 10.6 Å². The lowest BCUT2D eigenvalue weighted by Gasteiger charge is -2.05. The topological polar surface area (TPSA) is 0 Å². The van der Waals surface area contributed by atoms with Crippen LogP contribution in [0.4, 0.5) is 0 Å². The van der Waals surface area contributed by atoms with Crippen molar-refractivity contribution in [1.29, 1.82) is 0 Å². The van der Waals surface area contributed by atoms with Gasteiger partial charge in [0.1, 0.15) is 0 Å². The molecular weight excluding hydrogens is 250 g/mol. The smallest absolute Gasteiger partial charge is 0.0598 e. The van der Waals surface area contributed by atoms with Gasteiger partial charge in [-0.1, -0.05) is 59.1 Å². The molecule has 0 N–H and O–H groups in total. The summed E-state index contributed by atoms with van der Waals surface area (Å²) in [5, 5.41) is 1.79. The first-order valence-electron chi connectivity index (χ1n) is 4.38. The van der Waals surface area contributed by atoms with Crippen LogP contribution in [0.15, 0.2) is 42.5 Å². The van der Waals surface area contributed by atoms with Gasteiger partial charge < -0.3 is 0 Å². The van der Waals surface area contributed by atoms with Gasteiger partial charge >= 0.3 is 0 Å². The summed E-state index contributed by atoms with van der Waals surface area (Å²) in [6, 6.07) is 13.1. The van der Waals surface area contributed by atoms with Crippen LogP contribution in [0.25, 0.3) is 11.1 Å². The first-order valence-corrected chi connectivity index (χ1v) is 5.52. The second kappa shape index (κ2) is 4.44. The molecule has 76 valence electrons. The largest absolute Gasteiger partial charge is 0.0837 e. The molecule has 0 atom stereocenters. The van der Waals surface area contributed by atoms with E-state index in [2.05, 4.69) is 0 Å². The zero-order valence-corrected chi connectivity index (χ0v) is 9.94. The summed E-state index contributed by atoms with van der Waals surface area (Å²) in [4.78, 5) is 0. The van der Waals surface area contributed by atoms with E-state index >= 15 is 0 Å². The highest BCUT2D eigenvalue weighted by atomic mass is 35.5. The molecule has 0 saturated carbocycles. The second-order valence-corrected chi connectivity index (χ2v) is 4.33. The van der Waals surface area contributed by atoms with Crippen molar-refractivity contribution in [3.63, 3.8) is 0 Å². The third-order valence-corrected chi connectivity index (χ3v) is 3.17. The molecular formula is C12H7Cl3. The van der Waals surface area contributed by atoms with Crippen molar-refractivity contribution in [2.24, 2.45) is 0 Å². The summed E-state index contributed by atoms with van der Waals surface area (Å²) >= 11 is 17.9. The predicted molar refractivity (Wildman–Crippen MR) is 66.9 cm³/mol. The van der Waals surface area contributed by atoms with Crippen LogP contribution in [-0.2, 0) is 0 Å². The van der Waals surface area contributed by atoms with E-state index < -0.39 is 0 Å². The molecule has 2 aromatic carbocycles. The van der Waals surface area contributed by atoms with Gasteiger partial charge in [-0.15, -0.1) is 0 Å². The Morgan fingerprint density at radius 2 is 1.40 bits per heavy atom. The van der Waals surface area contributed by atoms with Crippen molar-refractivity contribution in [1.82, 2.24) is 0 Å². The van der Waals surface area contributed by atoms with Crippen molar-refractivity contribution in [3.8, 4) is 11.1 Å². The Labute approximate surface area is 103 Å². The number of halogens is 3. The van der Waals surface area contributed by atoms with Gasteiger partial charge in [-0.2, -0.15) is 0 Å². The maximum absolute atomic E-state index is 6.07. The molecule has 3 heteroatoms. The molecule has 15 heavy (non-hydrogen) atoms. The van der Waals surface area contributed by atoms with Crippen molar-refractivity contribution in [3.05, 3.63) is 57.5 Å². The molecule has 0 amide bonds. The number of hydrogen-bond acceptors (Lipinski definition) is 0. The lowest BCUT2D eigenvalue weighted by atomic mass is 10.1. The zero-order valence-electron chi connectivity index (χ0n) is 7.68. The van der Waals surface area contributed by atoms with Crippen LogP contribution in [0.1, 0.15) is 0 Å². The summed E-state index contributed by atoms with van der Waals surface area (Å²) in [6.07, 6.45) is 0. The van der Waals surface area contributed by atoms with Gasteiger partial charge in [-0.25, -0.2) is 0 Å². The normalized spacial score (nSPS) is 10.3. The molecule has 0 aliphatic heterocycles. The van der Waals surface area contributed by atoms with Crippen LogP contribution in [0.5, 0.6) is 0 Å². The monoisotopic (exact) mass is 256 g/mol. The molecule has 0 aliphatic rings. The van der Waals surface area contributed by atoms with Gasteiger partial charge in [-0.05, 0) is 23.8 Å². The molecule has 0 nitrogen and oxygen atoms in total. The first kappa shape index (κ1) is 10.8. The van der Waals surface area contributed by atoms with Crippen LogP contribution in [0.3, 0.4) is 0 Å². The Morgan fingerprint density at radius 1 is 0.667 bits per heavy atom. The summed E-state index contributed by atoms with van der Waals surface area (Å²) in [5.41, 5.74) is 1.92. The standard InChI is InChI=1S/C12H7Cl3/c13-10-4-2-1-3-9(10)8-5-6-11(14)12(15)7-8/h1-7H. The van der Waals surface area contributed by atoms with Gasteiger partial charge in [0.05, 0.1) is 10.0 Å². The second-order valence-electron chi connectivity index (χ2n) is 3.11. The quantitative estimate of drug-likeness (QED) is 0.649. The maximum atomic E-state index is 6.07. The van der Waals surface area contributed by atoms with E-state index in [1.54, 1.807) is 6.07 Å². The van der Waals surface area contributed by atoms with E-state index in [-0.39, 0.29) is 0 Å². The number of hydrogen-bond donors (Lipinski definition) is 0. The van der Waals surface area contributed by atoms with Crippen molar-refractivity contribution < 1.29 is 0 Å². The van der Waals surface area contributed by atoms with E-state index in [9.17, 15) is 0 Å². The molecule has 0 bridgehead atoms. The van der Waals surface area contributed by atoms with Gasteiger partial charge in [0.15, 0.2) is 0 Å². The fraction of sp³-hybridized carbons (Fsp3) is 0. The van der Waals surface area contributed by atoms with Gasteiger partial charge in [-0.3, -0.25) is 0 Å². The number of rotatable bonds is 1. The maximum Gasteiger partial charge on any atom is 0.0598 e. The van der Waals surface area contributed by atoms with E-state index in [0.717, 1.165) is 11.1 Å². The minimum absolute atomic E-state index is 0.536. The molecule has 0 aliphatic carbocycles. The highest BCUT2D eigenvalue weighted by molar-refractivity contribution is 6.42. The van der Waals surface area contributed by atoms with Crippen LogP contribution in [0, 0.1) is 0 Å². The SMILES string of the molecule is Clc1ccc(-c2ccccc2Cl)cc1Cl. The molecule has 0 unspecified atom stereocenters. The third kappa shape index (κ3) is 2.28. The summed E-state index contributed by atoms with van der Waals surface area (Å²) in [7, 11) is 0. The zero-order chi connectivity index (χ0) is 10.8. The highest BCUT2D eigenvalue weighted by Crippen LogP contribution is 2.32. The predicted octanol–water partition coefficient (Wildman–Crippen LogP) is 5.31.